The van der Waals surface area contributed by atoms with Gasteiger partial charge in [-0.2, -0.15) is 0 Å². The summed E-state index contributed by atoms with van der Waals surface area (Å²) in [7, 11) is 0. The highest BCUT2D eigenvalue weighted by Crippen LogP contribution is 2.25. The molecule has 0 unspecified atom stereocenters. The van der Waals surface area contributed by atoms with Gasteiger partial charge in [0.25, 0.3) is 0 Å². The summed E-state index contributed by atoms with van der Waals surface area (Å²) in [5, 5.41) is 2.59. The van der Waals surface area contributed by atoms with E-state index in [1.54, 1.807) is 23.9 Å². The lowest BCUT2D eigenvalue weighted by molar-refractivity contribution is 0.684. The number of rotatable bonds is 5. The molecule has 138 valence electrons. The zero-order chi connectivity index (χ0) is 19.0. The average molecular weight is 439 g/mol. The molecule has 4 rings (SSSR count). The molecule has 0 saturated heterocycles. The van der Waals surface area contributed by atoms with Gasteiger partial charge in [-0.25, -0.2) is 15.0 Å². The molecule has 9 heteroatoms. The number of aromatic nitrogens is 5. The van der Waals surface area contributed by atoms with Crippen LogP contribution >= 0.6 is 46.6 Å². The predicted molar refractivity (Wildman–Crippen MR) is 111 cm³/mol. The monoisotopic (exact) mass is 437 g/mol. The first-order valence-electron chi connectivity index (χ1n) is 8.07. The average Bonchev–Trinajstić information content (AvgIpc) is 3.20. The maximum Gasteiger partial charge on any atom is 0.179 e. The number of hydrogen-bond acceptors (Lipinski definition) is 4. The van der Waals surface area contributed by atoms with Crippen molar-refractivity contribution in [1.82, 2.24) is 24.5 Å². The molecule has 1 N–H and O–H groups in total. The minimum absolute atomic E-state index is 0.426. The van der Waals surface area contributed by atoms with Crippen molar-refractivity contribution in [3.05, 3.63) is 68.8 Å². The van der Waals surface area contributed by atoms with Gasteiger partial charge in [-0.05, 0) is 36.1 Å². The van der Waals surface area contributed by atoms with Gasteiger partial charge >= 0.3 is 0 Å². The van der Waals surface area contributed by atoms with Crippen LogP contribution in [-0.4, -0.2) is 30.8 Å². The Labute approximate surface area is 175 Å². The molecule has 5 nitrogen and oxygen atoms in total. The van der Waals surface area contributed by atoms with Crippen LogP contribution in [0.3, 0.4) is 0 Å². The summed E-state index contributed by atoms with van der Waals surface area (Å²) in [6.45, 7) is 0.561. The van der Waals surface area contributed by atoms with Crippen molar-refractivity contribution >= 4 is 57.7 Å². The third kappa shape index (κ3) is 4.09. The quantitative estimate of drug-likeness (QED) is 0.331. The first-order chi connectivity index (χ1) is 13.0. The first kappa shape index (κ1) is 18.6. The molecule has 0 amide bonds. The fourth-order valence-electron chi connectivity index (χ4n) is 2.83. The fraction of sp³-hybridized carbons (Fsp3) is 0.167. The van der Waals surface area contributed by atoms with Crippen LogP contribution in [0.5, 0.6) is 0 Å². The lowest BCUT2D eigenvalue weighted by Gasteiger charge is -2.02. The molecule has 0 saturated carbocycles. The van der Waals surface area contributed by atoms with Crippen LogP contribution in [0.25, 0.3) is 11.2 Å². The minimum atomic E-state index is 0.426. The van der Waals surface area contributed by atoms with E-state index in [1.807, 2.05) is 30.7 Å². The normalized spacial score (nSPS) is 11.4. The predicted octanol–water partition coefficient (Wildman–Crippen LogP) is 5.48. The molecule has 27 heavy (non-hydrogen) atoms. The Hall–Kier alpha value is -1.73. The summed E-state index contributed by atoms with van der Waals surface area (Å²) in [5.41, 5.74) is 3.38. The summed E-state index contributed by atoms with van der Waals surface area (Å²) >= 11 is 19.8. The van der Waals surface area contributed by atoms with E-state index in [1.165, 1.54) is 0 Å². The second-order valence-electron chi connectivity index (χ2n) is 5.95. The van der Waals surface area contributed by atoms with Gasteiger partial charge in [-0.1, -0.05) is 52.6 Å². The smallest absolute Gasteiger partial charge is 0.179 e. The molecular formula is C18H14Cl3N5S. The molecule has 0 fully saturated rings. The van der Waals surface area contributed by atoms with Crippen molar-refractivity contribution in [3.63, 3.8) is 0 Å². The number of aromatic amines is 1. The maximum atomic E-state index is 6.29. The lowest BCUT2D eigenvalue weighted by Crippen LogP contribution is -2.01. The highest BCUT2D eigenvalue weighted by atomic mass is 35.5. The molecule has 0 atom stereocenters. The number of thioether (sulfide) groups is 1. The largest absolute Gasteiger partial charge is 0.339 e. The number of nitrogens with zero attached hydrogens (tertiary/aromatic N) is 4. The third-order valence-electron chi connectivity index (χ3n) is 4.04. The second kappa shape index (κ2) is 7.72. The Morgan fingerprint density at radius 1 is 1.07 bits per heavy atom. The summed E-state index contributed by atoms with van der Waals surface area (Å²) < 4.78 is 2.06. The van der Waals surface area contributed by atoms with Crippen LogP contribution in [-0.2, 0) is 13.0 Å². The van der Waals surface area contributed by atoms with Crippen LogP contribution in [0.1, 0.15) is 17.1 Å². The maximum absolute atomic E-state index is 6.29. The Bertz CT molecular complexity index is 1120. The molecule has 0 bridgehead atoms. The summed E-state index contributed by atoms with van der Waals surface area (Å²) in [6.07, 6.45) is 4.65. The van der Waals surface area contributed by atoms with E-state index >= 15 is 0 Å². The van der Waals surface area contributed by atoms with E-state index in [2.05, 4.69) is 19.5 Å². The van der Waals surface area contributed by atoms with E-state index in [0.717, 1.165) is 27.8 Å². The molecule has 3 aromatic heterocycles. The van der Waals surface area contributed by atoms with E-state index in [0.29, 0.717) is 33.8 Å². The molecule has 0 aliphatic rings. The topological polar surface area (TPSA) is 59.4 Å². The Balaban J connectivity index is 1.60. The van der Waals surface area contributed by atoms with Gasteiger partial charge in [0.05, 0.1) is 17.8 Å². The second-order valence-corrected chi connectivity index (χ2v) is 7.95. The number of imidazole rings is 2. The molecule has 0 radical (unpaired) electrons. The third-order valence-corrected chi connectivity index (χ3v) is 5.53. The fourth-order valence-corrected chi connectivity index (χ4v) is 4.01. The van der Waals surface area contributed by atoms with Crippen molar-refractivity contribution < 1.29 is 0 Å². The molecule has 1 aromatic carbocycles. The Morgan fingerprint density at radius 2 is 1.93 bits per heavy atom. The Morgan fingerprint density at radius 3 is 2.70 bits per heavy atom. The Kier molecular flexibility index (Phi) is 5.32. The number of benzene rings is 1. The number of fused-ring (bicyclic) bond motifs is 1. The standard InChI is InChI=1S/C18H14Cl3N5S/c1-27-18-22-12(6-10-2-3-11(19)7-13(10)20)8-26(18)9-16-23-14-4-5-15(21)24-17(14)25-16/h2-5,7-8H,6,9H2,1H3,(H,23,24,25). The zero-order valence-electron chi connectivity index (χ0n) is 14.2. The number of halogens is 3. The van der Waals surface area contributed by atoms with Crippen molar-refractivity contribution in [1.29, 1.82) is 0 Å². The summed E-state index contributed by atoms with van der Waals surface area (Å²) in [4.78, 5) is 16.7. The van der Waals surface area contributed by atoms with Crippen LogP contribution in [0.4, 0.5) is 0 Å². The number of pyridine rings is 1. The number of H-pyrrole nitrogens is 1. The number of nitrogens with one attached hydrogen (secondary N) is 1. The van der Waals surface area contributed by atoms with Gasteiger partial charge < -0.3 is 9.55 Å². The molecule has 4 aromatic rings. The molecule has 0 aliphatic heterocycles. The van der Waals surface area contributed by atoms with E-state index < -0.39 is 0 Å². The van der Waals surface area contributed by atoms with Crippen molar-refractivity contribution in [3.8, 4) is 0 Å². The van der Waals surface area contributed by atoms with Crippen molar-refractivity contribution in [2.45, 2.75) is 18.1 Å². The molecular weight excluding hydrogens is 425 g/mol. The SMILES string of the molecule is CSc1nc(Cc2ccc(Cl)cc2Cl)cn1Cc1nc2nc(Cl)ccc2[nH]1. The van der Waals surface area contributed by atoms with E-state index in [9.17, 15) is 0 Å². The summed E-state index contributed by atoms with van der Waals surface area (Å²) in [5.74, 6) is 0.795. The summed E-state index contributed by atoms with van der Waals surface area (Å²) in [6, 6.07) is 9.12. The molecule has 0 spiro atoms. The number of hydrogen-bond donors (Lipinski definition) is 1. The highest BCUT2D eigenvalue weighted by molar-refractivity contribution is 7.98. The van der Waals surface area contributed by atoms with Gasteiger partial charge in [0, 0.05) is 22.7 Å². The van der Waals surface area contributed by atoms with Crippen LogP contribution < -0.4 is 0 Å². The van der Waals surface area contributed by atoms with Crippen molar-refractivity contribution in [2.75, 3.05) is 6.26 Å². The van der Waals surface area contributed by atoms with Crippen LogP contribution in [0.2, 0.25) is 15.2 Å². The van der Waals surface area contributed by atoms with Gasteiger partial charge in [0.15, 0.2) is 10.8 Å². The van der Waals surface area contributed by atoms with Gasteiger partial charge in [0.1, 0.15) is 11.0 Å². The van der Waals surface area contributed by atoms with Crippen LogP contribution in [0, 0.1) is 0 Å². The lowest BCUT2D eigenvalue weighted by atomic mass is 10.1. The van der Waals surface area contributed by atoms with E-state index in [-0.39, 0.29) is 0 Å². The highest BCUT2D eigenvalue weighted by Gasteiger charge is 2.12. The van der Waals surface area contributed by atoms with E-state index in [4.69, 9.17) is 39.8 Å². The van der Waals surface area contributed by atoms with Crippen LogP contribution in [0.15, 0.2) is 41.7 Å². The molecule has 0 aliphatic carbocycles. The van der Waals surface area contributed by atoms with Gasteiger partial charge in [0.2, 0.25) is 0 Å². The zero-order valence-corrected chi connectivity index (χ0v) is 17.3. The van der Waals surface area contributed by atoms with Gasteiger partial charge in [-0.3, -0.25) is 0 Å². The van der Waals surface area contributed by atoms with Gasteiger partial charge in [-0.15, -0.1) is 0 Å². The molecule has 3 heterocycles. The van der Waals surface area contributed by atoms with Crippen molar-refractivity contribution in [2.24, 2.45) is 0 Å². The first-order valence-corrected chi connectivity index (χ1v) is 10.4. The minimum Gasteiger partial charge on any atom is -0.339 e.